The van der Waals surface area contributed by atoms with Crippen molar-refractivity contribution in [3.8, 4) is 0 Å². The van der Waals surface area contributed by atoms with E-state index >= 15 is 0 Å². The van der Waals surface area contributed by atoms with E-state index in [0.717, 1.165) is 45.0 Å². The van der Waals surface area contributed by atoms with Crippen molar-refractivity contribution in [3.05, 3.63) is 0 Å². The first kappa shape index (κ1) is 17.7. The molecule has 2 saturated heterocycles. The number of amides is 1. The summed E-state index contributed by atoms with van der Waals surface area (Å²) in [5, 5.41) is 2.98. The molecule has 2 atom stereocenters. The number of hydrogen-bond acceptors (Lipinski definition) is 4. The summed E-state index contributed by atoms with van der Waals surface area (Å²) < 4.78 is 11.3. The summed E-state index contributed by atoms with van der Waals surface area (Å²) in [5.74, 6) is 0.836. The second-order valence-electron chi connectivity index (χ2n) is 6.78. The zero-order chi connectivity index (χ0) is 15.8. The van der Waals surface area contributed by atoms with E-state index in [1.54, 1.807) is 0 Å². The summed E-state index contributed by atoms with van der Waals surface area (Å²) in [7, 11) is 0. The highest BCUT2D eigenvalue weighted by Crippen LogP contribution is 2.15. The molecular weight excluding hydrogens is 280 g/mol. The van der Waals surface area contributed by atoms with Gasteiger partial charge in [0, 0.05) is 19.7 Å². The maximum absolute atomic E-state index is 12.0. The third-order valence-corrected chi connectivity index (χ3v) is 4.78. The molecule has 0 saturated carbocycles. The highest BCUT2D eigenvalue weighted by atomic mass is 16.5. The lowest BCUT2D eigenvalue weighted by Crippen LogP contribution is -2.42. The molecular formula is C17H32N2O3. The van der Waals surface area contributed by atoms with E-state index in [1.807, 2.05) is 6.92 Å². The molecule has 2 fully saturated rings. The van der Waals surface area contributed by atoms with E-state index in [-0.39, 0.29) is 12.0 Å². The van der Waals surface area contributed by atoms with Crippen LogP contribution in [0.4, 0.5) is 0 Å². The molecule has 1 N–H and O–H groups in total. The summed E-state index contributed by atoms with van der Waals surface area (Å²) in [6.45, 7) is 9.44. The Labute approximate surface area is 134 Å². The minimum absolute atomic E-state index is 0.0128. The first-order valence-electron chi connectivity index (χ1n) is 8.88. The van der Waals surface area contributed by atoms with Crippen molar-refractivity contribution >= 4 is 5.91 Å². The van der Waals surface area contributed by atoms with Gasteiger partial charge in [0.2, 0.25) is 5.91 Å². The minimum Gasteiger partial charge on any atom is -0.376 e. The van der Waals surface area contributed by atoms with Crippen LogP contribution in [0.25, 0.3) is 0 Å². The molecule has 0 aliphatic carbocycles. The molecule has 5 heteroatoms. The van der Waals surface area contributed by atoms with Gasteiger partial charge in [0.25, 0.3) is 0 Å². The summed E-state index contributed by atoms with van der Waals surface area (Å²) in [6, 6.07) is 0. The number of ether oxygens (including phenoxy) is 2. The predicted octanol–water partition coefficient (Wildman–Crippen LogP) is 1.81. The number of carbonyl (C=O) groups is 1. The molecule has 0 spiro atoms. The van der Waals surface area contributed by atoms with Gasteiger partial charge in [-0.1, -0.05) is 6.92 Å². The van der Waals surface area contributed by atoms with Crippen LogP contribution in [0.1, 0.15) is 46.0 Å². The second kappa shape index (κ2) is 9.48. The number of hydrogen-bond donors (Lipinski definition) is 1. The summed E-state index contributed by atoms with van der Waals surface area (Å²) in [5.41, 5.74) is 0. The molecule has 2 heterocycles. The van der Waals surface area contributed by atoms with E-state index in [4.69, 9.17) is 9.47 Å². The van der Waals surface area contributed by atoms with Crippen molar-refractivity contribution in [1.82, 2.24) is 10.2 Å². The molecule has 128 valence electrons. The Morgan fingerprint density at radius 3 is 2.77 bits per heavy atom. The quantitative estimate of drug-likeness (QED) is 0.779. The van der Waals surface area contributed by atoms with Crippen LogP contribution in [-0.2, 0) is 14.3 Å². The van der Waals surface area contributed by atoms with Gasteiger partial charge in [-0.25, -0.2) is 0 Å². The highest BCUT2D eigenvalue weighted by molar-refractivity contribution is 5.80. The molecule has 0 radical (unpaired) electrons. The molecule has 22 heavy (non-hydrogen) atoms. The Morgan fingerprint density at radius 1 is 1.32 bits per heavy atom. The molecule has 0 aromatic heterocycles. The van der Waals surface area contributed by atoms with Crippen LogP contribution in [0.5, 0.6) is 0 Å². The number of nitrogens with zero attached hydrogens (tertiary/aromatic N) is 1. The largest absolute Gasteiger partial charge is 0.376 e. The van der Waals surface area contributed by atoms with E-state index in [9.17, 15) is 4.79 Å². The van der Waals surface area contributed by atoms with Crippen molar-refractivity contribution in [1.29, 1.82) is 0 Å². The maximum Gasteiger partial charge on any atom is 0.248 e. The van der Waals surface area contributed by atoms with Gasteiger partial charge in [-0.05, 0) is 58.0 Å². The second-order valence-corrected chi connectivity index (χ2v) is 6.78. The molecule has 2 aliphatic heterocycles. The Morgan fingerprint density at radius 2 is 2.09 bits per heavy atom. The molecule has 0 aromatic rings. The lowest BCUT2D eigenvalue weighted by Gasteiger charge is -2.30. The highest BCUT2D eigenvalue weighted by Gasteiger charge is 2.19. The first-order valence-corrected chi connectivity index (χ1v) is 8.88. The Kier molecular flexibility index (Phi) is 7.63. The van der Waals surface area contributed by atoms with Crippen LogP contribution in [0.2, 0.25) is 0 Å². The molecule has 5 nitrogen and oxygen atoms in total. The fourth-order valence-corrected chi connectivity index (χ4v) is 3.03. The van der Waals surface area contributed by atoms with Crippen LogP contribution in [0.15, 0.2) is 0 Å². The average molecular weight is 312 g/mol. The van der Waals surface area contributed by atoms with Crippen molar-refractivity contribution in [2.75, 3.05) is 39.4 Å². The van der Waals surface area contributed by atoms with Crippen LogP contribution in [0, 0.1) is 5.92 Å². The SMILES string of the molecule is CC1CCN(CCNC(=O)C(C)OCC2CCCCO2)CC1. The summed E-state index contributed by atoms with van der Waals surface area (Å²) in [4.78, 5) is 14.4. The van der Waals surface area contributed by atoms with Crippen LogP contribution < -0.4 is 5.32 Å². The van der Waals surface area contributed by atoms with E-state index in [1.165, 1.54) is 19.3 Å². The van der Waals surface area contributed by atoms with Gasteiger partial charge in [-0.15, -0.1) is 0 Å². The molecule has 2 aliphatic rings. The normalized spacial score (nSPS) is 25.8. The molecule has 2 rings (SSSR count). The molecule has 1 amide bonds. The first-order chi connectivity index (χ1) is 10.6. The molecule has 0 aromatic carbocycles. The smallest absolute Gasteiger partial charge is 0.248 e. The topological polar surface area (TPSA) is 50.8 Å². The Balaban J connectivity index is 1.54. The lowest BCUT2D eigenvalue weighted by molar-refractivity contribution is -0.135. The third kappa shape index (κ3) is 6.23. The maximum atomic E-state index is 12.0. The fraction of sp³-hybridized carbons (Fsp3) is 0.941. The zero-order valence-electron chi connectivity index (χ0n) is 14.2. The zero-order valence-corrected chi connectivity index (χ0v) is 14.2. The summed E-state index contributed by atoms with van der Waals surface area (Å²) in [6.07, 6.45) is 5.70. The monoisotopic (exact) mass is 312 g/mol. The van der Waals surface area contributed by atoms with Crippen molar-refractivity contribution in [2.45, 2.75) is 58.2 Å². The van der Waals surface area contributed by atoms with Crippen molar-refractivity contribution < 1.29 is 14.3 Å². The van der Waals surface area contributed by atoms with E-state index in [2.05, 4.69) is 17.1 Å². The standard InChI is InChI=1S/C17H32N2O3/c1-14-6-9-19(10-7-14)11-8-18-17(20)15(2)22-13-16-5-3-4-12-21-16/h14-16H,3-13H2,1-2H3,(H,18,20). The molecule has 0 bridgehead atoms. The van der Waals surface area contributed by atoms with E-state index < -0.39 is 6.10 Å². The number of carbonyl (C=O) groups excluding carboxylic acids is 1. The van der Waals surface area contributed by atoms with Crippen LogP contribution >= 0.6 is 0 Å². The van der Waals surface area contributed by atoms with Gasteiger partial charge in [0.15, 0.2) is 0 Å². The number of rotatable bonds is 7. The van der Waals surface area contributed by atoms with Crippen LogP contribution in [-0.4, -0.2) is 62.4 Å². The van der Waals surface area contributed by atoms with Crippen molar-refractivity contribution in [3.63, 3.8) is 0 Å². The average Bonchev–Trinajstić information content (AvgIpc) is 2.55. The fourth-order valence-electron chi connectivity index (χ4n) is 3.03. The van der Waals surface area contributed by atoms with Gasteiger partial charge in [0.05, 0.1) is 12.7 Å². The van der Waals surface area contributed by atoms with Gasteiger partial charge < -0.3 is 19.7 Å². The number of piperidine rings is 1. The van der Waals surface area contributed by atoms with Gasteiger partial charge in [-0.3, -0.25) is 4.79 Å². The van der Waals surface area contributed by atoms with Gasteiger partial charge in [0.1, 0.15) is 6.10 Å². The molecule has 2 unspecified atom stereocenters. The Bertz CT molecular complexity index is 324. The van der Waals surface area contributed by atoms with Gasteiger partial charge >= 0.3 is 0 Å². The Hall–Kier alpha value is -0.650. The minimum atomic E-state index is -0.396. The third-order valence-electron chi connectivity index (χ3n) is 4.78. The van der Waals surface area contributed by atoms with E-state index in [0.29, 0.717) is 13.2 Å². The van der Waals surface area contributed by atoms with Crippen molar-refractivity contribution in [2.24, 2.45) is 5.92 Å². The summed E-state index contributed by atoms with van der Waals surface area (Å²) >= 11 is 0. The number of likely N-dealkylation sites (tertiary alicyclic amines) is 1. The lowest BCUT2D eigenvalue weighted by atomic mass is 9.99. The predicted molar refractivity (Wildman–Crippen MR) is 86.9 cm³/mol. The van der Waals surface area contributed by atoms with Gasteiger partial charge in [-0.2, -0.15) is 0 Å². The van der Waals surface area contributed by atoms with Crippen LogP contribution in [0.3, 0.4) is 0 Å². The number of nitrogens with one attached hydrogen (secondary N) is 1.